The highest BCUT2D eigenvalue weighted by atomic mass is 16.1. The van der Waals surface area contributed by atoms with Crippen LogP contribution in [0.3, 0.4) is 0 Å². The lowest BCUT2D eigenvalue weighted by molar-refractivity contribution is -0.124. The summed E-state index contributed by atoms with van der Waals surface area (Å²) in [6.45, 7) is 6.07. The first-order chi connectivity index (χ1) is 12.7. The number of hydrogen-bond donors (Lipinski definition) is 1. The Morgan fingerprint density at radius 1 is 0.923 bits per heavy atom. The Kier molecular flexibility index (Phi) is 6.84. The lowest BCUT2D eigenvalue weighted by Gasteiger charge is -2.26. The number of rotatable bonds is 7. The summed E-state index contributed by atoms with van der Waals surface area (Å²) >= 11 is 0. The predicted molar refractivity (Wildman–Crippen MR) is 107 cm³/mol. The second kappa shape index (κ2) is 9.54. The minimum atomic E-state index is -0.0178. The largest absolute Gasteiger partial charge is 0.352 e. The second-order valence-electron chi connectivity index (χ2n) is 7.46. The predicted octanol–water partition coefficient (Wildman–Crippen LogP) is 4.17. The first-order valence-electron chi connectivity index (χ1n) is 9.82. The Labute approximate surface area is 157 Å². The molecule has 1 saturated heterocycles. The molecule has 138 valence electrons. The molecule has 0 unspecified atom stereocenters. The fourth-order valence-corrected chi connectivity index (χ4v) is 3.56. The van der Waals surface area contributed by atoms with E-state index in [-0.39, 0.29) is 11.8 Å². The van der Waals surface area contributed by atoms with E-state index in [2.05, 4.69) is 46.6 Å². The van der Waals surface area contributed by atoms with E-state index in [1.807, 2.05) is 25.1 Å². The number of hydrogen-bond acceptors (Lipinski definition) is 2. The van der Waals surface area contributed by atoms with Crippen molar-refractivity contribution in [2.24, 2.45) is 5.92 Å². The maximum atomic E-state index is 12.3. The van der Waals surface area contributed by atoms with Gasteiger partial charge in [0.2, 0.25) is 5.91 Å². The summed E-state index contributed by atoms with van der Waals surface area (Å²) < 4.78 is 0. The van der Waals surface area contributed by atoms with Crippen molar-refractivity contribution in [3.63, 3.8) is 0 Å². The third-order valence-electron chi connectivity index (χ3n) is 5.18. The highest BCUT2D eigenvalue weighted by Gasteiger charge is 2.13. The van der Waals surface area contributed by atoms with Gasteiger partial charge >= 0.3 is 0 Å². The van der Waals surface area contributed by atoms with E-state index in [9.17, 15) is 4.79 Å². The second-order valence-corrected chi connectivity index (χ2v) is 7.46. The average molecular weight is 351 g/mol. The van der Waals surface area contributed by atoms with E-state index in [1.54, 1.807) is 0 Å². The zero-order valence-electron chi connectivity index (χ0n) is 15.8. The standard InChI is InChI=1S/C23H30N2O/c1-19(16-20-8-4-2-5-9-20)23(26)24-17-21-10-12-22(13-11-21)18-25-14-6-3-7-15-25/h2,4-5,8-13,19H,3,6-7,14-18H2,1H3,(H,24,26)/t19-/m1/s1. The first kappa shape index (κ1) is 18.7. The third kappa shape index (κ3) is 5.70. The highest BCUT2D eigenvalue weighted by Crippen LogP contribution is 2.14. The van der Waals surface area contributed by atoms with Crippen molar-refractivity contribution in [1.29, 1.82) is 0 Å². The molecular weight excluding hydrogens is 320 g/mol. The molecule has 1 aliphatic heterocycles. The average Bonchev–Trinajstić information content (AvgIpc) is 2.69. The van der Waals surface area contributed by atoms with Crippen molar-refractivity contribution in [1.82, 2.24) is 10.2 Å². The van der Waals surface area contributed by atoms with E-state index < -0.39 is 0 Å². The molecular formula is C23H30N2O. The molecule has 1 fully saturated rings. The van der Waals surface area contributed by atoms with E-state index in [1.165, 1.54) is 43.5 Å². The topological polar surface area (TPSA) is 32.3 Å². The molecule has 0 radical (unpaired) electrons. The van der Waals surface area contributed by atoms with Crippen LogP contribution in [0.4, 0.5) is 0 Å². The van der Waals surface area contributed by atoms with Gasteiger partial charge in [-0.2, -0.15) is 0 Å². The molecule has 1 aliphatic rings. The Bertz CT molecular complexity index is 675. The molecule has 0 aliphatic carbocycles. The molecule has 0 bridgehead atoms. The van der Waals surface area contributed by atoms with Crippen molar-refractivity contribution in [2.45, 2.75) is 45.7 Å². The van der Waals surface area contributed by atoms with Gasteiger partial charge in [0.15, 0.2) is 0 Å². The lowest BCUT2D eigenvalue weighted by Crippen LogP contribution is -2.30. The van der Waals surface area contributed by atoms with Crippen LogP contribution in [0.15, 0.2) is 54.6 Å². The molecule has 0 aromatic heterocycles. The maximum Gasteiger partial charge on any atom is 0.223 e. The lowest BCUT2D eigenvalue weighted by atomic mass is 10.0. The molecule has 1 heterocycles. The van der Waals surface area contributed by atoms with E-state index in [0.29, 0.717) is 6.54 Å². The van der Waals surface area contributed by atoms with Crippen LogP contribution < -0.4 is 5.32 Å². The van der Waals surface area contributed by atoms with E-state index >= 15 is 0 Å². The maximum absolute atomic E-state index is 12.3. The fraction of sp³-hybridized carbons (Fsp3) is 0.435. The molecule has 1 amide bonds. The zero-order valence-corrected chi connectivity index (χ0v) is 15.8. The van der Waals surface area contributed by atoms with Gasteiger partial charge in [0.25, 0.3) is 0 Å². The van der Waals surface area contributed by atoms with Gasteiger partial charge in [0.1, 0.15) is 0 Å². The third-order valence-corrected chi connectivity index (χ3v) is 5.18. The summed E-state index contributed by atoms with van der Waals surface area (Å²) in [5.74, 6) is 0.0991. The number of carbonyl (C=O) groups excluding carboxylic acids is 1. The zero-order chi connectivity index (χ0) is 18.2. The number of benzene rings is 2. The summed E-state index contributed by atoms with van der Waals surface area (Å²) in [6.07, 6.45) is 4.80. The van der Waals surface area contributed by atoms with Crippen LogP contribution in [0.5, 0.6) is 0 Å². The summed E-state index contributed by atoms with van der Waals surface area (Å²) in [7, 11) is 0. The molecule has 3 heteroatoms. The fourth-order valence-electron chi connectivity index (χ4n) is 3.56. The van der Waals surface area contributed by atoms with Crippen molar-refractivity contribution in [3.05, 3.63) is 71.3 Å². The van der Waals surface area contributed by atoms with Crippen molar-refractivity contribution < 1.29 is 4.79 Å². The van der Waals surface area contributed by atoms with Crippen molar-refractivity contribution in [3.8, 4) is 0 Å². The van der Waals surface area contributed by atoms with Crippen molar-refractivity contribution >= 4 is 5.91 Å². The summed E-state index contributed by atoms with van der Waals surface area (Å²) in [5, 5.41) is 3.07. The molecule has 1 N–H and O–H groups in total. The van der Waals surface area contributed by atoms with Crippen LogP contribution in [-0.4, -0.2) is 23.9 Å². The van der Waals surface area contributed by atoms with E-state index in [4.69, 9.17) is 0 Å². The van der Waals surface area contributed by atoms with Crippen molar-refractivity contribution in [2.75, 3.05) is 13.1 Å². The normalized spacial score (nSPS) is 16.2. The van der Waals surface area contributed by atoms with Gasteiger partial charge in [-0.25, -0.2) is 0 Å². The first-order valence-corrected chi connectivity index (χ1v) is 9.82. The minimum Gasteiger partial charge on any atom is -0.352 e. The summed E-state index contributed by atoms with van der Waals surface area (Å²) in [5.41, 5.74) is 3.73. The number of likely N-dealkylation sites (tertiary alicyclic amines) is 1. The smallest absolute Gasteiger partial charge is 0.223 e. The Morgan fingerprint density at radius 3 is 2.27 bits per heavy atom. The van der Waals surface area contributed by atoms with Crippen LogP contribution in [0.2, 0.25) is 0 Å². The quantitative estimate of drug-likeness (QED) is 0.813. The SMILES string of the molecule is C[C@H](Cc1ccccc1)C(=O)NCc1ccc(CN2CCCCC2)cc1. The molecule has 0 spiro atoms. The molecule has 26 heavy (non-hydrogen) atoms. The summed E-state index contributed by atoms with van der Waals surface area (Å²) in [6, 6.07) is 18.9. The molecule has 0 saturated carbocycles. The Morgan fingerprint density at radius 2 is 1.58 bits per heavy atom. The summed E-state index contributed by atoms with van der Waals surface area (Å²) in [4.78, 5) is 14.9. The van der Waals surface area contributed by atoms with Gasteiger partial charge in [-0.3, -0.25) is 9.69 Å². The van der Waals surface area contributed by atoms with Crippen LogP contribution in [-0.2, 0) is 24.3 Å². The molecule has 3 rings (SSSR count). The van der Waals surface area contributed by atoms with Gasteiger partial charge in [0.05, 0.1) is 0 Å². The van der Waals surface area contributed by atoms with Crippen LogP contribution in [0.1, 0.15) is 42.9 Å². The number of amides is 1. The highest BCUT2D eigenvalue weighted by molar-refractivity contribution is 5.78. The van der Waals surface area contributed by atoms with Crippen LogP contribution in [0.25, 0.3) is 0 Å². The van der Waals surface area contributed by atoms with Crippen LogP contribution in [0, 0.1) is 5.92 Å². The van der Waals surface area contributed by atoms with Gasteiger partial charge in [-0.15, -0.1) is 0 Å². The number of piperidine rings is 1. The number of nitrogens with one attached hydrogen (secondary N) is 1. The number of carbonyl (C=O) groups is 1. The molecule has 3 nitrogen and oxygen atoms in total. The Hall–Kier alpha value is -2.13. The van der Waals surface area contributed by atoms with Gasteiger partial charge in [-0.1, -0.05) is 67.9 Å². The van der Waals surface area contributed by atoms with E-state index in [0.717, 1.165) is 18.5 Å². The van der Waals surface area contributed by atoms with Gasteiger partial charge in [-0.05, 0) is 49.0 Å². The number of nitrogens with zero attached hydrogens (tertiary/aromatic N) is 1. The van der Waals surface area contributed by atoms with Crippen LogP contribution >= 0.6 is 0 Å². The Balaban J connectivity index is 1.44. The molecule has 2 aromatic carbocycles. The minimum absolute atomic E-state index is 0.0178. The van der Waals surface area contributed by atoms with Gasteiger partial charge in [0, 0.05) is 19.0 Å². The van der Waals surface area contributed by atoms with Gasteiger partial charge < -0.3 is 5.32 Å². The monoisotopic (exact) mass is 350 g/mol. The molecule has 1 atom stereocenters. The molecule has 2 aromatic rings.